The molecule has 0 radical (unpaired) electrons. The van der Waals surface area contributed by atoms with Crippen LogP contribution in [0, 0.1) is 0 Å². The average molecular weight is 292 g/mol. The zero-order valence-corrected chi connectivity index (χ0v) is 11.8. The second kappa shape index (κ2) is 4.80. The van der Waals surface area contributed by atoms with Crippen LogP contribution in [0.15, 0.2) is 42.7 Å². The number of nitrogens with two attached hydrogens (primary N) is 1. The van der Waals surface area contributed by atoms with Crippen LogP contribution in [0.1, 0.15) is 18.9 Å². The summed E-state index contributed by atoms with van der Waals surface area (Å²) in [6.45, 7) is 1.44. The molecule has 2 heterocycles. The minimum absolute atomic E-state index is 0.268. The van der Waals surface area contributed by atoms with Gasteiger partial charge in [0.1, 0.15) is 5.66 Å². The molecule has 0 saturated carbocycles. The van der Waals surface area contributed by atoms with Crippen molar-refractivity contribution in [2.45, 2.75) is 24.9 Å². The van der Waals surface area contributed by atoms with E-state index in [9.17, 15) is 8.78 Å². The maximum absolute atomic E-state index is 13.4. The molecule has 0 amide bonds. The van der Waals surface area contributed by atoms with Crippen LogP contribution in [0.2, 0.25) is 0 Å². The number of aromatic nitrogens is 2. The van der Waals surface area contributed by atoms with Gasteiger partial charge in [-0.3, -0.25) is 4.90 Å². The standard InChI is InChI=1S/C15H18F2N4/c1-2-15(12-6-4-3-5-7-12,20-10-14(16,17)11-20)21-9-13(18)8-19-21/h3-9H,2,10-11,18H2,1H3. The molecular weight excluding hydrogens is 274 g/mol. The van der Waals surface area contributed by atoms with E-state index >= 15 is 0 Å². The SMILES string of the molecule is CCC(c1ccccc1)(N1CC(F)(F)C1)n1cc(N)cn1. The van der Waals surface area contributed by atoms with E-state index in [0.29, 0.717) is 12.1 Å². The number of hydrogen-bond donors (Lipinski definition) is 1. The first-order valence-corrected chi connectivity index (χ1v) is 6.97. The molecule has 0 spiro atoms. The van der Waals surface area contributed by atoms with Crippen molar-refractivity contribution in [1.29, 1.82) is 0 Å². The number of alkyl halides is 2. The van der Waals surface area contributed by atoms with Gasteiger partial charge < -0.3 is 5.73 Å². The number of likely N-dealkylation sites (tertiary alicyclic amines) is 1. The molecule has 1 atom stereocenters. The fourth-order valence-electron chi connectivity index (χ4n) is 3.07. The number of rotatable bonds is 4. The largest absolute Gasteiger partial charge is 0.396 e. The van der Waals surface area contributed by atoms with Crippen molar-refractivity contribution in [3.05, 3.63) is 48.3 Å². The van der Waals surface area contributed by atoms with E-state index < -0.39 is 11.6 Å². The molecule has 1 aliphatic rings. The summed E-state index contributed by atoms with van der Waals surface area (Å²) in [6, 6.07) is 9.61. The van der Waals surface area contributed by atoms with E-state index in [-0.39, 0.29) is 13.1 Å². The maximum Gasteiger partial charge on any atom is 0.273 e. The molecule has 1 aromatic carbocycles. The van der Waals surface area contributed by atoms with E-state index in [1.165, 1.54) is 0 Å². The molecule has 1 saturated heterocycles. The first-order valence-electron chi connectivity index (χ1n) is 6.97. The summed E-state index contributed by atoms with van der Waals surface area (Å²) < 4.78 is 28.5. The van der Waals surface area contributed by atoms with Crippen molar-refractivity contribution in [3.63, 3.8) is 0 Å². The quantitative estimate of drug-likeness (QED) is 0.942. The van der Waals surface area contributed by atoms with Crippen molar-refractivity contribution < 1.29 is 8.78 Å². The fraction of sp³-hybridized carbons (Fsp3) is 0.400. The molecule has 112 valence electrons. The second-order valence-corrected chi connectivity index (χ2v) is 5.47. The lowest BCUT2D eigenvalue weighted by atomic mass is 9.90. The van der Waals surface area contributed by atoms with Crippen LogP contribution in [0.25, 0.3) is 0 Å². The van der Waals surface area contributed by atoms with Gasteiger partial charge >= 0.3 is 0 Å². The van der Waals surface area contributed by atoms with Gasteiger partial charge in [0.2, 0.25) is 0 Å². The highest BCUT2D eigenvalue weighted by molar-refractivity contribution is 5.34. The second-order valence-electron chi connectivity index (χ2n) is 5.47. The van der Waals surface area contributed by atoms with Crippen molar-refractivity contribution >= 4 is 5.69 Å². The van der Waals surface area contributed by atoms with E-state index in [2.05, 4.69) is 5.10 Å². The van der Waals surface area contributed by atoms with Crippen molar-refractivity contribution in [3.8, 4) is 0 Å². The Labute approximate surface area is 122 Å². The van der Waals surface area contributed by atoms with Crippen LogP contribution in [0.4, 0.5) is 14.5 Å². The number of nitrogens with zero attached hydrogens (tertiary/aromatic N) is 3. The summed E-state index contributed by atoms with van der Waals surface area (Å²) in [5, 5.41) is 4.29. The Hall–Kier alpha value is -1.95. The molecule has 1 aliphatic heterocycles. The van der Waals surface area contributed by atoms with Gasteiger partial charge in [-0.1, -0.05) is 37.3 Å². The lowest BCUT2D eigenvalue weighted by Gasteiger charge is -2.51. The molecule has 2 N–H and O–H groups in total. The number of halogens is 2. The van der Waals surface area contributed by atoms with E-state index in [4.69, 9.17) is 5.73 Å². The Bertz CT molecular complexity index is 618. The number of nitrogen functional groups attached to an aromatic ring is 1. The van der Waals surface area contributed by atoms with Crippen LogP contribution < -0.4 is 5.73 Å². The lowest BCUT2D eigenvalue weighted by molar-refractivity contribution is -0.183. The molecule has 1 unspecified atom stereocenters. The normalized spacial score (nSPS) is 20.7. The molecule has 0 aliphatic carbocycles. The van der Waals surface area contributed by atoms with E-state index in [1.54, 1.807) is 22.0 Å². The van der Waals surface area contributed by atoms with Gasteiger partial charge in [-0.05, 0) is 12.0 Å². The third-order valence-electron chi connectivity index (χ3n) is 4.08. The molecule has 0 bridgehead atoms. The zero-order chi connectivity index (χ0) is 15.1. The molecule has 6 heteroatoms. The summed E-state index contributed by atoms with van der Waals surface area (Å²) in [6.07, 6.45) is 3.87. The molecule has 4 nitrogen and oxygen atoms in total. The molecule has 1 fully saturated rings. The summed E-state index contributed by atoms with van der Waals surface area (Å²) in [4.78, 5) is 1.76. The summed E-state index contributed by atoms with van der Waals surface area (Å²) >= 11 is 0. The Morgan fingerprint density at radius 3 is 2.43 bits per heavy atom. The van der Waals surface area contributed by atoms with Gasteiger partial charge in [0, 0.05) is 0 Å². The van der Waals surface area contributed by atoms with Crippen LogP contribution in [0.3, 0.4) is 0 Å². The number of hydrogen-bond acceptors (Lipinski definition) is 3. The van der Waals surface area contributed by atoms with Crippen LogP contribution >= 0.6 is 0 Å². The minimum Gasteiger partial charge on any atom is -0.396 e. The highest BCUT2D eigenvalue weighted by Crippen LogP contribution is 2.41. The van der Waals surface area contributed by atoms with E-state index in [1.807, 2.05) is 37.3 Å². The van der Waals surface area contributed by atoms with Crippen molar-refractivity contribution in [2.24, 2.45) is 0 Å². The van der Waals surface area contributed by atoms with Gasteiger partial charge in [0.15, 0.2) is 0 Å². The van der Waals surface area contributed by atoms with Crippen LogP contribution in [-0.4, -0.2) is 33.7 Å². The third kappa shape index (κ3) is 2.19. The van der Waals surface area contributed by atoms with Gasteiger partial charge in [-0.15, -0.1) is 0 Å². The highest BCUT2D eigenvalue weighted by atomic mass is 19.3. The third-order valence-corrected chi connectivity index (χ3v) is 4.08. The van der Waals surface area contributed by atoms with Gasteiger partial charge in [-0.2, -0.15) is 5.10 Å². The Morgan fingerprint density at radius 2 is 1.95 bits per heavy atom. The minimum atomic E-state index is -2.63. The molecular formula is C15H18F2N4. The summed E-state index contributed by atoms with van der Waals surface area (Å²) in [7, 11) is 0. The van der Waals surface area contributed by atoms with E-state index in [0.717, 1.165) is 5.56 Å². The topological polar surface area (TPSA) is 47.1 Å². The zero-order valence-electron chi connectivity index (χ0n) is 11.8. The Morgan fingerprint density at radius 1 is 1.29 bits per heavy atom. The smallest absolute Gasteiger partial charge is 0.273 e. The lowest BCUT2D eigenvalue weighted by Crippen LogP contribution is -2.66. The van der Waals surface area contributed by atoms with Crippen molar-refractivity contribution in [1.82, 2.24) is 14.7 Å². The Kier molecular flexibility index (Phi) is 3.20. The number of benzene rings is 1. The van der Waals surface area contributed by atoms with Gasteiger partial charge in [-0.25, -0.2) is 13.5 Å². The van der Waals surface area contributed by atoms with Gasteiger partial charge in [0.05, 0.1) is 31.2 Å². The predicted octanol–water partition coefficient (Wildman–Crippen LogP) is 2.53. The summed E-state index contributed by atoms with van der Waals surface area (Å²) in [5.74, 6) is -2.63. The first-order chi connectivity index (χ1) is 9.98. The summed E-state index contributed by atoms with van der Waals surface area (Å²) in [5.41, 5.74) is 6.51. The predicted molar refractivity (Wildman–Crippen MR) is 77.0 cm³/mol. The average Bonchev–Trinajstić information content (AvgIpc) is 2.87. The molecule has 3 rings (SSSR count). The number of anilines is 1. The van der Waals surface area contributed by atoms with Crippen molar-refractivity contribution in [2.75, 3.05) is 18.8 Å². The Balaban J connectivity index is 2.10. The van der Waals surface area contributed by atoms with Crippen LogP contribution in [0.5, 0.6) is 0 Å². The molecule has 2 aromatic rings. The fourth-order valence-corrected chi connectivity index (χ4v) is 3.07. The maximum atomic E-state index is 13.4. The van der Waals surface area contributed by atoms with Crippen LogP contribution in [-0.2, 0) is 5.66 Å². The first kappa shape index (κ1) is 14.0. The molecule has 1 aromatic heterocycles. The monoisotopic (exact) mass is 292 g/mol. The van der Waals surface area contributed by atoms with Gasteiger partial charge in [0.25, 0.3) is 5.92 Å². The molecule has 21 heavy (non-hydrogen) atoms. The highest BCUT2D eigenvalue weighted by Gasteiger charge is 2.54.